The van der Waals surface area contributed by atoms with Gasteiger partial charge in [-0.3, -0.25) is 4.79 Å². The molecule has 0 saturated carbocycles. The lowest BCUT2D eigenvalue weighted by atomic mass is 10.0. The zero-order chi connectivity index (χ0) is 18.1. The summed E-state index contributed by atoms with van der Waals surface area (Å²) in [6, 6.07) is 0.980. The van der Waals surface area contributed by atoms with E-state index in [1.165, 1.54) is 0 Å². The van der Waals surface area contributed by atoms with Crippen molar-refractivity contribution < 1.29 is 40.3 Å². The average Bonchev–Trinajstić information content (AvgIpc) is 2.93. The van der Waals surface area contributed by atoms with Crippen molar-refractivity contribution in [2.75, 3.05) is 7.11 Å². The first kappa shape index (κ1) is 17.8. The van der Waals surface area contributed by atoms with Gasteiger partial charge in [-0.2, -0.15) is 26.3 Å². The average molecular weight is 353 g/mol. The number of aromatic nitrogens is 1. The molecule has 1 heterocycles. The monoisotopic (exact) mass is 353 g/mol. The standard InChI is InChI=1S/C14H9F6NO3/c1-23-11(22)5-10-6-24-12(21-10)7-2-8(13(15,16)17)4-9(3-7)14(18,19)20/h2-4,6H,5H2,1H3. The van der Waals surface area contributed by atoms with Crippen molar-refractivity contribution in [2.45, 2.75) is 18.8 Å². The molecule has 0 radical (unpaired) electrons. The largest absolute Gasteiger partial charge is 0.469 e. The lowest BCUT2D eigenvalue weighted by Gasteiger charge is -2.12. The van der Waals surface area contributed by atoms with E-state index in [4.69, 9.17) is 4.42 Å². The number of halogens is 6. The molecule has 1 aromatic heterocycles. The second-order valence-corrected chi connectivity index (χ2v) is 4.69. The van der Waals surface area contributed by atoms with Crippen LogP contribution in [0.3, 0.4) is 0 Å². The van der Waals surface area contributed by atoms with Crippen LogP contribution in [-0.4, -0.2) is 18.1 Å². The quantitative estimate of drug-likeness (QED) is 0.616. The van der Waals surface area contributed by atoms with Gasteiger partial charge in [-0.15, -0.1) is 0 Å². The van der Waals surface area contributed by atoms with E-state index < -0.39 is 40.9 Å². The van der Waals surface area contributed by atoms with Gasteiger partial charge < -0.3 is 9.15 Å². The van der Waals surface area contributed by atoms with E-state index >= 15 is 0 Å². The van der Waals surface area contributed by atoms with E-state index in [0.29, 0.717) is 12.1 Å². The SMILES string of the molecule is COC(=O)Cc1coc(-c2cc(C(F)(F)F)cc(C(F)(F)F)c2)n1. The summed E-state index contributed by atoms with van der Waals surface area (Å²) in [5.41, 5.74) is -3.46. The van der Waals surface area contributed by atoms with E-state index in [9.17, 15) is 31.1 Å². The predicted molar refractivity (Wildman–Crippen MR) is 67.7 cm³/mol. The highest BCUT2D eigenvalue weighted by Crippen LogP contribution is 2.38. The van der Waals surface area contributed by atoms with Crippen molar-refractivity contribution >= 4 is 5.97 Å². The predicted octanol–water partition coefficient (Wildman–Crippen LogP) is 4.09. The Hall–Kier alpha value is -2.52. The normalized spacial score (nSPS) is 12.3. The summed E-state index contributed by atoms with van der Waals surface area (Å²) in [7, 11) is 1.12. The van der Waals surface area contributed by atoms with Crippen LogP contribution >= 0.6 is 0 Å². The van der Waals surface area contributed by atoms with E-state index in [-0.39, 0.29) is 18.2 Å². The molecule has 0 amide bonds. The Bertz CT molecular complexity index is 715. The van der Waals surface area contributed by atoms with Crippen molar-refractivity contribution in [1.82, 2.24) is 4.98 Å². The number of alkyl halides is 6. The topological polar surface area (TPSA) is 52.3 Å². The first-order valence-electron chi connectivity index (χ1n) is 6.32. The lowest BCUT2D eigenvalue weighted by molar-refractivity contribution is -0.143. The molecule has 0 aliphatic heterocycles. The second-order valence-electron chi connectivity index (χ2n) is 4.69. The van der Waals surface area contributed by atoms with Crippen LogP contribution in [0, 0.1) is 0 Å². The molecule has 0 aliphatic rings. The van der Waals surface area contributed by atoms with Crippen LogP contribution in [-0.2, 0) is 28.3 Å². The molecule has 10 heteroatoms. The number of carbonyl (C=O) groups excluding carboxylic acids is 1. The first-order chi connectivity index (χ1) is 11.0. The summed E-state index contributed by atoms with van der Waals surface area (Å²) in [6.45, 7) is 0. The Morgan fingerprint density at radius 2 is 1.62 bits per heavy atom. The maximum absolute atomic E-state index is 12.8. The summed E-state index contributed by atoms with van der Waals surface area (Å²) in [6.07, 6.45) is -9.32. The van der Waals surface area contributed by atoms with Crippen molar-refractivity contribution in [1.29, 1.82) is 0 Å². The molecule has 2 rings (SSSR count). The highest BCUT2D eigenvalue weighted by Gasteiger charge is 2.37. The maximum atomic E-state index is 12.8. The van der Waals surface area contributed by atoms with Gasteiger partial charge in [0.2, 0.25) is 5.89 Å². The number of esters is 1. The molecule has 4 nitrogen and oxygen atoms in total. The van der Waals surface area contributed by atoms with Crippen molar-refractivity contribution in [3.63, 3.8) is 0 Å². The third kappa shape index (κ3) is 4.06. The van der Waals surface area contributed by atoms with Gasteiger partial charge in [-0.05, 0) is 18.2 Å². The number of carbonyl (C=O) groups is 1. The molecule has 0 fully saturated rings. The van der Waals surface area contributed by atoms with E-state index in [0.717, 1.165) is 13.4 Å². The van der Waals surface area contributed by atoms with Crippen molar-refractivity contribution in [2.24, 2.45) is 0 Å². The Labute approximate surface area is 131 Å². The molecule has 0 aliphatic carbocycles. The van der Waals surface area contributed by atoms with Gasteiger partial charge in [0, 0.05) is 5.56 Å². The summed E-state index contributed by atoms with van der Waals surface area (Å²) < 4.78 is 86.0. The van der Waals surface area contributed by atoms with Gasteiger partial charge in [0.15, 0.2) is 0 Å². The Morgan fingerprint density at radius 1 is 1.08 bits per heavy atom. The Balaban J connectivity index is 2.48. The third-order valence-electron chi connectivity index (χ3n) is 2.94. The minimum Gasteiger partial charge on any atom is -0.469 e. The van der Waals surface area contributed by atoms with Crippen LogP contribution in [0.2, 0.25) is 0 Å². The Kier molecular flexibility index (Phi) is 4.59. The number of benzene rings is 1. The fourth-order valence-corrected chi connectivity index (χ4v) is 1.82. The van der Waals surface area contributed by atoms with Crippen molar-refractivity contribution in [3.8, 4) is 11.5 Å². The van der Waals surface area contributed by atoms with E-state index in [2.05, 4.69) is 9.72 Å². The molecular weight excluding hydrogens is 344 g/mol. The number of oxazole rings is 1. The van der Waals surface area contributed by atoms with Crippen LogP contribution in [0.15, 0.2) is 28.9 Å². The zero-order valence-electron chi connectivity index (χ0n) is 12.0. The van der Waals surface area contributed by atoms with Gasteiger partial charge in [0.25, 0.3) is 0 Å². The van der Waals surface area contributed by atoms with Gasteiger partial charge in [0.05, 0.1) is 30.4 Å². The van der Waals surface area contributed by atoms with Gasteiger partial charge >= 0.3 is 18.3 Å². The second kappa shape index (κ2) is 6.17. The molecule has 0 unspecified atom stereocenters. The minimum atomic E-state index is -4.97. The molecule has 24 heavy (non-hydrogen) atoms. The van der Waals surface area contributed by atoms with E-state index in [1.54, 1.807) is 0 Å². The van der Waals surface area contributed by atoms with Crippen LogP contribution in [0.4, 0.5) is 26.3 Å². The number of hydrogen-bond acceptors (Lipinski definition) is 4. The Morgan fingerprint density at radius 3 is 2.08 bits per heavy atom. The molecular formula is C14H9F6NO3. The summed E-state index contributed by atoms with van der Waals surface area (Å²) in [5, 5.41) is 0. The molecule has 130 valence electrons. The summed E-state index contributed by atoms with van der Waals surface area (Å²) in [4.78, 5) is 14.8. The molecule has 1 aromatic carbocycles. The van der Waals surface area contributed by atoms with Gasteiger partial charge in [-0.25, -0.2) is 4.98 Å². The fraction of sp³-hybridized carbons (Fsp3) is 0.286. The maximum Gasteiger partial charge on any atom is 0.416 e. The third-order valence-corrected chi connectivity index (χ3v) is 2.94. The smallest absolute Gasteiger partial charge is 0.416 e. The number of rotatable bonds is 3. The van der Waals surface area contributed by atoms with E-state index in [1.807, 2.05) is 0 Å². The van der Waals surface area contributed by atoms with Gasteiger partial charge in [0.1, 0.15) is 6.26 Å². The fourth-order valence-electron chi connectivity index (χ4n) is 1.82. The van der Waals surface area contributed by atoms with Crippen LogP contribution in [0.1, 0.15) is 16.8 Å². The zero-order valence-corrected chi connectivity index (χ0v) is 12.0. The highest BCUT2D eigenvalue weighted by atomic mass is 19.4. The molecule has 0 atom stereocenters. The lowest BCUT2D eigenvalue weighted by Crippen LogP contribution is -2.11. The van der Waals surface area contributed by atoms with Crippen LogP contribution in [0.5, 0.6) is 0 Å². The first-order valence-corrected chi connectivity index (χ1v) is 6.32. The molecule has 2 aromatic rings. The van der Waals surface area contributed by atoms with Crippen LogP contribution in [0.25, 0.3) is 11.5 Å². The highest BCUT2D eigenvalue weighted by molar-refractivity contribution is 5.72. The molecule has 0 spiro atoms. The van der Waals surface area contributed by atoms with Gasteiger partial charge in [-0.1, -0.05) is 0 Å². The molecule has 0 N–H and O–H groups in total. The van der Waals surface area contributed by atoms with Crippen LogP contribution < -0.4 is 0 Å². The summed E-state index contributed by atoms with van der Waals surface area (Å²) >= 11 is 0. The number of hydrogen-bond donors (Lipinski definition) is 0. The number of nitrogens with zero attached hydrogens (tertiary/aromatic N) is 1. The van der Waals surface area contributed by atoms with Crippen molar-refractivity contribution in [3.05, 3.63) is 41.3 Å². The summed E-state index contributed by atoms with van der Waals surface area (Å²) in [5.74, 6) is -1.15. The molecule has 0 bridgehead atoms. The minimum absolute atomic E-state index is 0.00179. The number of ether oxygens (including phenoxy) is 1. The molecule has 0 saturated heterocycles. The number of methoxy groups -OCH3 is 1.